The zero-order chi connectivity index (χ0) is 13.6. The van der Waals surface area contributed by atoms with E-state index in [1.165, 1.54) is 0 Å². The van der Waals surface area contributed by atoms with E-state index in [-0.39, 0.29) is 4.90 Å². The summed E-state index contributed by atoms with van der Waals surface area (Å²) in [5.41, 5.74) is 2.00. The van der Waals surface area contributed by atoms with Gasteiger partial charge >= 0.3 is 0 Å². The maximum atomic E-state index is 12.6. The molecule has 1 fully saturated rings. The molecule has 0 aliphatic heterocycles. The maximum Gasteiger partial charge on any atom is 0.197 e. The second kappa shape index (κ2) is 4.10. The molecule has 4 heteroatoms. The predicted octanol–water partition coefficient (Wildman–Crippen LogP) is 2.77. The van der Waals surface area contributed by atoms with E-state index in [4.69, 9.17) is 0 Å². The Morgan fingerprint density at radius 3 is 2.33 bits per heavy atom. The first-order chi connectivity index (χ1) is 8.32. The summed E-state index contributed by atoms with van der Waals surface area (Å²) in [6, 6.07) is 7.12. The number of hydrogen-bond donors (Lipinski definition) is 0. The molecule has 0 radical (unpaired) electrons. The van der Waals surface area contributed by atoms with E-state index in [0.29, 0.717) is 18.8 Å². The Hall–Kier alpha value is -1.34. The van der Waals surface area contributed by atoms with Crippen LogP contribution in [0, 0.1) is 31.1 Å². The number of nitrogens with zero attached hydrogens (tertiary/aromatic N) is 1. The largest absolute Gasteiger partial charge is 0.222 e. The van der Waals surface area contributed by atoms with Crippen LogP contribution in [0.1, 0.15) is 30.9 Å². The first kappa shape index (κ1) is 13.1. The van der Waals surface area contributed by atoms with Crippen LogP contribution in [0.3, 0.4) is 0 Å². The molecule has 1 aromatic rings. The van der Waals surface area contributed by atoms with Gasteiger partial charge in [0.15, 0.2) is 14.6 Å². The van der Waals surface area contributed by atoms with Gasteiger partial charge in [0.05, 0.1) is 11.0 Å². The molecule has 0 N–H and O–H groups in total. The summed E-state index contributed by atoms with van der Waals surface area (Å²) in [4.78, 5) is 0.277. The first-order valence-electron chi connectivity index (χ1n) is 6.05. The van der Waals surface area contributed by atoms with Crippen molar-refractivity contribution in [1.82, 2.24) is 0 Å². The van der Waals surface area contributed by atoms with Crippen LogP contribution < -0.4 is 0 Å². The van der Waals surface area contributed by atoms with Crippen LogP contribution in [0.4, 0.5) is 0 Å². The fraction of sp³-hybridized carbons (Fsp3) is 0.500. The molecule has 96 valence electrons. The molecule has 1 aromatic carbocycles. The second-order valence-electron chi connectivity index (χ2n) is 5.37. The van der Waals surface area contributed by atoms with Crippen LogP contribution in [0.2, 0.25) is 0 Å². The van der Waals surface area contributed by atoms with Gasteiger partial charge in [0.1, 0.15) is 0 Å². The van der Waals surface area contributed by atoms with E-state index in [1.807, 2.05) is 26.8 Å². The molecular formula is C14H17NO2S. The molecule has 0 aromatic heterocycles. The van der Waals surface area contributed by atoms with E-state index in [0.717, 1.165) is 11.1 Å². The fourth-order valence-electron chi connectivity index (χ4n) is 2.54. The average Bonchev–Trinajstić information content (AvgIpc) is 2.27. The summed E-state index contributed by atoms with van der Waals surface area (Å²) in [6.45, 7) is 5.81. The van der Waals surface area contributed by atoms with Gasteiger partial charge in [-0.15, -0.1) is 0 Å². The highest BCUT2D eigenvalue weighted by molar-refractivity contribution is 7.93. The van der Waals surface area contributed by atoms with Crippen molar-refractivity contribution >= 4 is 9.84 Å². The minimum atomic E-state index is -3.55. The Morgan fingerprint density at radius 1 is 1.28 bits per heavy atom. The highest BCUT2D eigenvalue weighted by Gasteiger charge is 2.53. The lowest BCUT2D eigenvalue weighted by Crippen LogP contribution is -2.48. The Balaban J connectivity index is 2.49. The average molecular weight is 263 g/mol. The Morgan fingerprint density at radius 2 is 1.89 bits per heavy atom. The van der Waals surface area contributed by atoms with Crippen LogP contribution in [0.15, 0.2) is 23.1 Å². The van der Waals surface area contributed by atoms with Crippen molar-refractivity contribution in [2.45, 2.75) is 43.3 Å². The SMILES string of the molecule is Cc1ccc(S(=O)(=O)C2(C#N)CC(C)C2)cc1C. The van der Waals surface area contributed by atoms with Gasteiger partial charge in [0.2, 0.25) is 0 Å². The first-order valence-corrected chi connectivity index (χ1v) is 7.54. The fourth-order valence-corrected chi connectivity index (χ4v) is 4.70. The molecule has 1 saturated carbocycles. The molecule has 0 atom stereocenters. The third-order valence-corrected chi connectivity index (χ3v) is 6.19. The molecule has 0 bridgehead atoms. The van der Waals surface area contributed by atoms with E-state index < -0.39 is 14.6 Å². The van der Waals surface area contributed by atoms with Gasteiger partial charge in [-0.2, -0.15) is 5.26 Å². The van der Waals surface area contributed by atoms with Crippen LogP contribution in [0.5, 0.6) is 0 Å². The lowest BCUT2D eigenvalue weighted by molar-refractivity contribution is 0.287. The minimum Gasteiger partial charge on any atom is -0.222 e. The number of benzene rings is 1. The number of aryl methyl sites for hydroxylation is 2. The number of hydrogen-bond acceptors (Lipinski definition) is 3. The summed E-state index contributed by atoms with van der Waals surface area (Å²) >= 11 is 0. The lowest BCUT2D eigenvalue weighted by Gasteiger charge is -2.39. The maximum absolute atomic E-state index is 12.6. The quantitative estimate of drug-likeness (QED) is 0.824. The molecule has 1 aliphatic rings. The van der Waals surface area contributed by atoms with Gasteiger partial charge in [0.25, 0.3) is 0 Å². The zero-order valence-electron chi connectivity index (χ0n) is 10.9. The van der Waals surface area contributed by atoms with Crippen molar-refractivity contribution in [1.29, 1.82) is 5.26 Å². The third kappa shape index (κ3) is 1.74. The van der Waals surface area contributed by atoms with Gasteiger partial charge < -0.3 is 0 Å². The summed E-state index contributed by atoms with van der Waals surface area (Å²) in [7, 11) is -3.55. The summed E-state index contributed by atoms with van der Waals surface area (Å²) in [6.07, 6.45) is 0.886. The van der Waals surface area contributed by atoms with Crippen LogP contribution in [-0.4, -0.2) is 13.2 Å². The molecule has 1 aliphatic carbocycles. The lowest BCUT2D eigenvalue weighted by atomic mass is 9.76. The summed E-state index contributed by atoms with van der Waals surface area (Å²) in [5, 5.41) is 9.25. The topological polar surface area (TPSA) is 57.9 Å². The highest BCUT2D eigenvalue weighted by atomic mass is 32.2. The van der Waals surface area contributed by atoms with Crippen molar-refractivity contribution < 1.29 is 8.42 Å². The van der Waals surface area contributed by atoms with Crippen molar-refractivity contribution in [2.24, 2.45) is 5.92 Å². The molecular weight excluding hydrogens is 246 g/mol. The molecule has 0 amide bonds. The third-order valence-electron chi connectivity index (χ3n) is 3.86. The van der Waals surface area contributed by atoms with Crippen LogP contribution >= 0.6 is 0 Å². The highest BCUT2D eigenvalue weighted by Crippen LogP contribution is 2.46. The summed E-state index contributed by atoms with van der Waals surface area (Å²) < 4.78 is 23.9. The number of sulfone groups is 1. The zero-order valence-corrected chi connectivity index (χ0v) is 11.7. The smallest absolute Gasteiger partial charge is 0.197 e. The van der Waals surface area contributed by atoms with Crippen molar-refractivity contribution in [2.75, 3.05) is 0 Å². The van der Waals surface area contributed by atoms with E-state index in [1.54, 1.807) is 18.2 Å². The van der Waals surface area contributed by atoms with Crippen LogP contribution in [-0.2, 0) is 9.84 Å². The second-order valence-corrected chi connectivity index (χ2v) is 7.63. The molecule has 3 nitrogen and oxygen atoms in total. The standard InChI is InChI=1S/C14H17NO2S/c1-10-7-14(8-10,9-15)18(16,17)13-5-4-11(2)12(3)6-13/h4-6,10H,7-8H2,1-3H3. The molecule has 0 saturated heterocycles. The summed E-state index contributed by atoms with van der Waals surface area (Å²) in [5.74, 6) is 0.311. The Bertz CT molecular complexity index is 620. The molecule has 18 heavy (non-hydrogen) atoms. The monoisotopic (exact) mass is 263 g/mol. The normalized spacial score (nSPS) is 27.3. The van der Waals surface area contributed by atoms with Gasteiger partial charge in [-0.25, -0.2) is 8.42 Å². The molecule has 0 unspecified atom stereocenters. The van der Waals surface area contributed by atoms with Crippen molar-refractivity contribution in [3.8, 4) is 6.07 Å². The van der Waals surface area contributed by atoms with E-state index in [9.17, 15) is 13.7 Å². The molecule has 2 rings (SSSR count). The minimum absolute atomic E-state index is 0.277. The predicted molar refractivity (Wildman–Crippen MR) is 69.8 cm³/mol. The number of rotatable bonds is 2. The van der Waals surface area contributed by atoms with Crippen molar-refractivity contribution in [3.05, 3.63) is 29.3 Å². The van der Waals surface area contributed by atoms with Gasteiger partial charge in [-0.3, -0.25) is 0 Å². The van der Waals surface area contributed by atoms with Gasteiger partial charge in [0, 0.05) is 0 Å². The van der Waals surface area contributed by atoms with E-state index >= 15 is 0 Å². The van der Waals surface area contributed by atoms with E-state index in [2.05, 4.69) is 0 Å². The number of nitriles is 1. The van der Waals surface area contributed by atoms with Crippen molar-refractivity contribution in [3.63, 3.8) is 0 Å². The molecule has 0 heterocycles. The Labute approximate surface area is 108 Å². The van der Waals surface area contributed by atoms with Gasteiger partial charge in [-0.1, -0.05) is 13.0 Å². The Kier molecular flexibility index (Phi) is 2.98. The van der Waals surface area contributed by atoms with Gasteiger partial charge in [-0.05, 0) is 55.9 Å². The van der Waals surface area contributed by atoms with Crippen LogP contribution in [0.25, 0.3) is 0 Å². The molecule has 0 spiro atoms.